The van der Waals surface area contributed by atoms with Crippen molar-refractivity contribution in [1.82, 2.24) is 0 Å². The molecular formula is C4H12ClNO. The van der Waals surface area contributed by atoms with Gasteiger partial charge < -0.3 is 12.4 Å². The van der Waals surface area contributed by atoms with Crippen molar-refractivity contribution >= 4 is 0 Å². The second kappa shape index (κ2) is 3.24. The summed E-state index contributed by atoms with van der Waals surface area (Å²) >= 11 is 0. The average molecular weight is 126 g/mol. The van der Waals surface area contributed by atoms with Crippen LogP contribution in [0.2, 0.25) is 0 Å². The molecule has 0 atom stereocenters. The molecule has 2 nitrogen and oxygen atoms in total. The second-order valence-electron chi connectivity index (χ2n) is 2.26. The van der Waals surface area contributed by atoms with E-state index < -0.39 is 0 Å². The third-order valence-electron chi connectivity index (χ3n) is 0.433. The first-order valence-electron chi connectivity index (χ1n) is 1.99. The Balaban J connectivity index is 0. The van der Waals surface area contributed by atoms with Gasteiger partial charge in [-0.15, -0.1) is 0 Å². The zero-order valence-electron chi connectivity index (χ0n) is 4.99. The summed E-state index contributed by atoms with van der Waals surface area (Å²) in [5, 5.41) is 0. The van der Waals surface area contributed by atoms with Gasteiger partial charge in [-0.2, -0.15) is 0 Å². The van der Waals surface area contributed by atoms with E-state index in [1.807, 2.05) is 20.8 Å². The molecule has 0 spiro atoms. The number of rotatable bonds is 0. The SMILES string of the molecule is CC(C)(C)O[NH3+].[Cl-]. The summed E-state index contributed by atoms with van der Waals surface area (Å²) in [4.78, 5) is 4.69. The van der Waals surface area contributed by atoms with E-state index in [-0.39, 0.29) is 18.0 Å². The molecule has 46 valence electrons. The minimum Gasteiger partial charge on any atom is -1.00 e. The van der Waals surface area contributed by atoms with Crippen molar-refractivity contribution in [2.75, 3.05) is 0 Å². The van der Waals surface area contributed by atoms with E-state index in [0.29, 0.717) is 0 Å². The lowest BCUT2D eigenvalue weighted by Gasteiger charge is -2.08. The van der Waals surface area contributed by atoms with E-state index in [9.17, 15) is 0 Å². The van der Waals surface area contributed by atoms with Gasteiger partial charge in [-0.05, 0) is 20.8 Å². The fourth-order valence-electron chi connectivity index (χ4n) is 0. The van der Waals surface area contributed by atoms with Crippen molar-refractivity contribution in [3.05, 3.63) is 0 Å². The van der Waals surface area contributed by atoms with Crippen LogP contribution in [0.1, 0.15) is 20.8 Å². The molecule has 0 saturated heterocycles. The Labute approximate surface area is 50.4 Å². The van der Waals surface area contributed by atoms with Crippen molar-refractivity contribution in [3.63, 3.8) is 0 Å². The minimum atomic E-state index is -0.0694. The lowest BCUT2D eigenvalue weighted by atomic mass is 10.2. The number of hydrogen-bond acceptors (Lipinski definition) is 1. The third-order valence-corrected chi connectivity index (χ3v) is 0.433. The number of quaternary nitrogens is 1. The lowest BCUT2D eigenvalue weighted by molar-refractivity contribution is -0.714. The molecule has 0 aromatic rings. The summed E-state index contributed by atoms with van der Waals surface area (Å²) in [6, 6.07) is 0. The summed E-state index contributed by atoms with van der Waals surface area (Å²) < 4.78 is 0. The zero-order chi connectivity index (χ0) is 5.21. The maximum atomic E-state index is 4.69. The minimum absolute atomic E-state index is 0. The van der Waals surface area contributed by atoms with Crippen LogP contribution in [0.3, 0.4) is 0 Å². The highest BCUT2D eigenvalue weighted by Crippen LogP contribution is 1.98. The predicted molar refractivity (Wildman–Crippen MR) is 23.7 cm³/mol. The van der Waals surface area contributed by atoms with Crippen molar-refractivity contribution < 1.29 is 23.1 Å². The van der Waals surface area contributed by atoms with E-state index in [4.69, 9.17) is 0 Å². The first-order chi connectivity index (χ1) is 2.56. The van der Waals surface area contributed by atoms with Crippen LogP contribution < -0.4 is 18.3 Å². The fourth-order valence-corrected chi connectivity index (χ4v) is 0. The quantitative estimate of drug-likeness (QED) is 0.344. The van der Waals surface area contributed by atoms with E-state index in [1.54, 1.807) is 0 Å². The maximum Gasteiger partial charge on any atom is 0.119 e. The van der Waals surface area contributed by atoms with Gasteiger partial charge >= 0.3 is 0 Å². The summed E-state index contributed by atoms with van der Waals surface area (Å²) in [6.07, 6.45) is 0. The first kappa shape index (κ1) is 10.2. The molecular weight excluding hydrogens is 114 g/mol. The highest BCUT2D eigenvalue weighted by atomic mass is 35.5. The van der Waals surface area contributed by atoms with Gasteiger partial charge in [0.15, 0.2) is 0 Å². The first-order valence-corrected chi connectivity index (χ1v) is 1.99. The smallest absolute Gasteiger partial charge is 0.119 e. The Hall–Kier alpha value is 0.210. The zero-order valence-corrected chi connectivity index (χ0v) is 5.75. The molecule has 0 rings (SSSR count). The Kier molecular flexibility index (Phi) is 4.75. The fraction of sp³-hybridized carbons (Fsp3) is 1.00. The van der Waals surface area contributed by atoms with Crippen LogP contribution in [-0.4, -0.2) is 5.60 Å². The molecule has 0 radical (unpaired) electrons. The van der Waals surface area contributed by atoms with Gasteiger partial charge in [-0.3, -0.25) is 0 Å². The van der Waals surface area contributed by atoms with Crippen LogP contribution in [0.4, 0.5) is 0 Å². The summed E-state index contributed by atoms with van der Waals surface area (Å²) in [5.41, 5.74) is -0.0694. The molecule has 7 heavy (non-hydrogen) atoms. The van der Waals surface area contributed by atoms with Crippen LogP contribution in [0.15, 0.2) is 0 Å². The van der Waals surface area contributed by atoms with Gasteiger partial charge in [0.2, 0.25) is 0 Å². The average Bonchev–Trinajstić information content (AvgIpc) is 1.35. The van der Waals surface area contributed by atoms with Crippen LogP contribution in [-0.2, 0) is 4.84 Å². The monoisotopic (exact) mass is 125 g/mol. The standard InChI is InChI=1S/C4H12NO.ClH/c1-4(2,3)6-5;/h1-3,5H3;1H/q+1;/p-1. The molecule has 3 heteroatoms. The van der Waals surface area contributed by atoms with Crippen molar-refractivity contribution in [3.8, 4) is 0 Å². The van der Waals surface area contributed by atoms with Crippen LogP contribution >= 0.6 is 0 Å². The Bertz CT molecular complexity index is 41.4. The molecule has 0 aliphatic carbocycles. The van der Waals surface area contributed by atoms with Gasteiger partial charge in [0, 0.05) is 0 Å². The van der Waals surface area contributed by atoms with E-state index in [2.05, 4.69) is 10.7 Å². The van der Waals surface area contributed by atoms with Gasteiger partial charge in [0.25, 0.3) is 0 Å². The predicted octanol–water partition coefficient (Wildman–Crippen LogP) is -3.04. The largest absolute Gasteiger partial charge is 1.00 e. The van der Waals surface area contributed by atoms with Crippen LogP contribution in [0, 0.1) is 0 Å². The van der Waals surface area contributed by atoms with Gasteiger partial charge in [0.1, 0.15) is 5.60 Å². The van der Waals surface area contributed by atoms with Gasteiger partial charge in [-0.1, -0.05) is 0 Å². The van der Waals surface area contributed by atoms with Gasteiger partial charge in [-0.25, -0.2) is 10.7 Å². The molecule has 0 aliphatic rings. The molecule has 0 bridgehead atoms. The normalized spacial score (nSPS) is 10.3. The van der Waals surface area contributed by atoms with Gasteiger partial charge in [0.05, 0.1) is 0 Å². The van der Waals surface area contributed by atoms with Crippen molar-refractivity contribution in [2.45, 2.75) is 26.4 Å². The van der Waals surface area contributed by atoms with Crippen molar-refractivity contribution in [2.24, 2.45) is 0 Å². The molecule has 0 amide bonds. The molecule has 0 aliphatic heterocycles. The Morgan fingerprint density at radius 3 is 1.43 bits per heavy atom. The Morgan fingerprint density at radius 2 is 1.43 bits per heavy atom. The van der Waals surface area contributed by atoms with Crippen LogP contribution in [0.25, 0.3) is 0 Å². The van der Waals surface area contributed by atoms with Crippen LogP contribution in [0.5, 0.6) is 0 Å². The molecule has 0 unspecified atom stereocenters. The van der Waals surface area contributed by atoms with Crippen molar-refractivity contribution in [1.29, 1.82) is 0 Å². The molecule has 0 heterocycles. The summed E-state index contributed by atoms with van der Waals surface area (Å²) in [6.45, 7) is 5.88. The Morgan fingerprint density at radius 1 is 1.29 bits per heavy atom. The van der Waals surface area contributed by atoms with E-state index >= 15 is 0 Å². The number of halogens is 1. The number of hydrogen-bond donors (Lipinski definition) is 1. The molecule has 0 saturated carbocycles. The highest BCUT2D eigenvalue weighted by molar-refractivity contribution is 4.53. The summed E-state index contributed by atoms with van der Waals surface area (Å²) in [7, 11) is 0. The third kappa shape index (κ3) is 10.7. The lowest BCUT2D eigenvalue weighted by Crippen LogP contribution is -3.00. The van der Waals surface area contributed by atoms with E-state index in [1.165, 1.54) is 0 Å². The molecule has 3 N–H and O–H groups in total. The topological polar surface area (TPSA) is 36.9 Å². The highest BCUT2D eigenvalue weighted by Gasteiger charge is 2.08. The maximum absolute atomic E-state index is 4.69. The summed E-state index contributed by atoms with van der Waals surface area (Å²) in [5.74, 6) is 3.26. The second-order valence-corrected chi connectivity index (χ2v) is 2.26. The van der Waals surface area contributed by atoms with E-state index in [0.717, 1.165) is 0 Å². The molecule has 0 aromatic carbocycles. The molecule has 0 aromatic heterocycles. The molecule has 0 fully saturated rings.